The van der Waals surface area contributed by atoms with Crippen molar-refractivity contribution in [3.63, 3.8) is 0 Å². The molecule has 2 aromatic heterocycles. The van der Waals surface area contributed by atoms with E-state index >= 15 is 0 Å². The van der Waals surface area contributed by atoms with Gasteiger partial charge in [0.1, 0.15) is 18.2 Å². The first-order chi connectivity index (χ1) is 16.5. The summed E-state index contributed by atoms with van der Waals surface area (Å²) in [4.78, 5) is 0. The Kier molecular flexibility index (Phi) is 2.56. The van der Waals surface area contributed by atoms with Gasteiger partial charge in [-0.15, -0.1) is 0 Å². The van der Waals surface area contributed by atoms with Gasteiger partial charge in [0.15, 0.2) is 5.69 Å². The molecule has 2 heterocycles. The Morgan fingerprint density at radius 2 is 2.11 bits per heavy atom. The van der Waals surface area contributed by atoms with E-state index in [1.54, 1.807) is 36.7 Å². The molecule has 3 heteroatoms. The van der Waals surface area contributed by atoms with Crippen molar-refractivity contribution in [2.45, 2.75) is 40.4 Å². The van der Waals surface area contributed by atoms with Crippen LogP contribution in [0.5, 0.6) is 0 Å². The molecule has 0 bridgehead atoms. The average molecular weight is 378 g/mol. The van der Waals surface area contributed by atoms with E-state index in [1.165, 1.54) is 0 Å². The minimum Gasteiger partial charge on any atom is -0.455 e. The maximum Gasteiger partial charge on any atom is 0.216 e. The lowest BCUT2D eigenvalue weighted by molar-refractivity contribution is -0.667. The lowest BCUT2D eigenvalue weighted by Gasteiger charge is -2.14. The van der Waals surface area contributed by atoms with Crippen LogP contribution in [0, 0.1) is 32.0 Å². The second-order valence-electron chi connectivity index (χ2n) is 7.02. The molecule has 0 fully saturated rings. The van der Waals surface area contributed by atoms with Gasteiger partial charge in [-0.2, -0.15) is 9.83 Å². The second kappa shape index (κ2) is 6.49. The molecule has 3 nitrogen and oxygen atoms in total. The standard InChI is InChI=1S/C25H25N2O/c1-14(2)20-12-21(27(6)17(5)16(20)4)23-15(3)10-11-19-24-18(13-26)8-7-9-22(24)28-25(19)23/h7-12,14H,1-6H3/q+1/i1D3,4D3,12D,14D. The van der Waals surface area contributed by atoms with Gasteiger partial charge in [0, 0.05) is 38.9 Å². The van der Waals surface area contributed by atoms with Gasteiger partial charge >= 0.3 is 0 Å². The third-order valence-corrected chi connectivity index (χ3v) is 5.30. The van der Waals surface area contributed by atoms with Crippen LogP contribution in [0.3, 0.4) is 0 Å². The van der Waals surface area contributed by atoms with Crippen molar-refractivity contribution in [3.8, 4) is 17.3 Å². The van der Waals surface area contributed by atoms with Gasteiger partial charge in [0.25, 0.3) is 0 Å². The van der Waals surface area contributed by atoms with E-state index in [2.05, 4.69) is 6.07 Å². The number of nitrogens with zero attached hydrogens (tertiary/aromatic N) is 2. The first-order valence-electron chi connectivity index (χ1n) is 12.9. The van der Waals surface area contributed by atoms with Gasteiger partial charge in [-0.1, -0.05) is 32.0 Å². The molecule has 0 saturated carbocycles. The Bertz CT molecular complexity index is 1590. The molecule has 0 aliphatic heterocycles. The molecule has 28 heavy (non-hydrogen) atoms. The predicted molar refractivity (Wildman–Crippen MR) is 113 cm³/mol. The van der Waals surface area contributed by atoms with E-state index < -0.39 is 19.6 Å². The van der Waals surface area contributed by atoms with Crippen LogP contribution in [0.2, 0.25) is 0 Å². The molecule has 0 saturated heterocycles. The molecule has 0 N–H and O–H groups in total. The third-order valence-electron chi connectivity index (χ3n) is 5.30. The summed E-state index contributed by atoms with van der Waals surface area (Å²) >= 11 is 0. The van der Waals surface area contributed by atoms with Crippen LogP contribution < -0.4 is 4.57 Å². The van der Waals surface area contributed by atoms with E-state index in [9.17, 15) is 5.26 Å². The lowest BCUT2D eigenvalue weighted by Crippen LogP contribution is -2.36. The molecule has 0 amide bonds. The third kappa shape index (κ3) is 2.52. The van der Waals surface area contributed by atoms with Crippen LogP contribution >= 0.6 is 0 Å². The van der Waals surface area contributed by atoms with Crippen molar-refractivity contribution in [2.75, 3.05) is 0 Å². The Morgan fingerprint density at radius 1 is 1.29 bits per heavy atom. The zero-order chi connectivity index (χ0) is 27.0. The molecular formula is C25H25N2O+. The second-order valence-corrected chi connectivity index (χ2v) is 7.02. The summed E-state index contributed by atoms with van der Waals surface area (Å²) in [5.74, 6) is -2.37. The number of benzene rings is 2. The van der Waals surface area contributed by atoms with Crippen LogP contribution in [-0.2, 0) is 7.05 Å². The summed E-state index contributed by atoms with van der Waals surface area (Å²) in [6, 6.07) is 10.6. The number of aryl methyl sites for hydroxylation is 1. The highest BCUT2D eigenvalue weighted by molar-refractivity contribution is 6.11. The molecule has 1 unspecified atom stereocenters. The summed E-state index contributed by atoms with van der Waals surface area (Å²) in [5, 5.41) is 10.9. The Hall–Kier alpha value is -3.12. The summed E-state index contributed by atoms with van der Waals surface area (Å²) < 4.78 is 73.9. The number of furan rings is 1. The number of nitriles is 1. The van der Waals surface area contributed by atoms with Gasteiger partial charge in [-0.05, 0) is 42.9 Å². The van der Waals surface area contributed by atoms with Crippen LogP contribution in [0.25, 0.3) is 33.2 Å². The maximum atomic E-state index is 9.63. The van der Waals surface area contributed by atoms with Gasteiger partial charge in [0.2, 0.25) is 5.69 Å². The highest BCUT2D eigenvalue weighted by Crippen LogP contribution is 2.39. The lowest BCUT2D eigenvalue weighted by atomic mass is 9.93. The van der Waals surface area contributed by atoms with Crippen molar-refractivity contribution in [3.05, 3.63) is 64.3 Å². The minimum absolute atomic E-state index is 0.226. The van der Waals surface area contributed by atoms with Crippen molar-refractivity contribution in [1.29, 1.82) is 5.26 Å². The van der Waals surface area contributed by atoms with Crippen molar-refractivity contribution >= 4 is 21.9 Å². The van der Waals surface area contributed by atoms with Crippen LogP contribution in [0.4, 0.5) is 0 Å². The number of hydrogen-bond donors (Lipinski definition) is 0. The van der Waals surface area contributed by atoms with E-state index in [4.69, 9.17) is 15.4 Å². The van der Waals surface area contributed by atoms with Crippen LogP contribution in [0.15, 0.2) is 40.8 Å². The largest absolute Gasteiger partial charge is 0.455 e. The Balaban J connectivity index is 2.25. The topological polar surface area (TPSA) is 40.8 Å². The Labute approximate surface area is 177 Å². The molecule has 0 radical (unpaired) electrons. The smallest absolute Gasteiger partial charge is 0.216 e. The summed E-state index contributed by atoms with van der Waals surface area (Å²) in [5.41, 5.74) is 2.26. The van der Waals surface area contributed by atoms with E-state index in [0.29, 0.717) is 38.6 Å². The number of hydrogen-bond acceptors (Lipinski definition) is 2. The summed E-state index contributed by atoms with van der Waals surface area (Å²) in [6.07, 6.45) is 0. The van der Waals surface area contributed by atoms with Gasteiger partial charge in [-0.25, -0.2) is 0 Å². The van der Waals surface area contributed by atoms with Crippen molar-refractivity contribution < 1.29 is 20.0 Å². The van der Waals surface area contributed by atoms with Crippen LogP contribution in [-0.4, -0.2) is 0 Å². The fourth-order valence-corrected chi connectivity index (χ4v) is 3.67. The predicted octanol–water partition coefficient (Wildman–Crippen LogP) is 6.00. The molecule has 0 aliphatic rings. The van der Waals surface area contributed by atoms with Gasteiger partial charge in [0.05, 0.1) is 18.6 Å². The molecule has 4 aromatic rings. The molecule has 4 rings (SSSR count). The molecule has 1 atom stereocenters. The van der Waals surface area contributed by atoms with E-state index in [-0.39, 0.29) is 28.6 Å². The highest BCUT2D eigenvalue weighted by Gasteiger charge is 2.25. The number of pyridine rings is 1. The van der Waals surface area contributed by atoms with E-state index in [0.717, 1.165) is 6.92 Å². The molecule has 0 aliphatic carbocycles. The van der Waals surface area contributed by atoms with Gasteiger partial charge in [-0.3, -0.25) is 0 Å². The highest BCUT2D eigenvalue weighted by atomic mass is 16.3. The Morgan fingerprint density at radius 3 is 2.82 bits per heavy atom. The molecule has 0 spiro atoms. The zero-order valence-corrected chi connectivity index (χ0v) is 16.2. The van der Waals surface area contributed by atoms with Gasteiger partial charge < -0.3 is 4.42 Å². The van der Waals surface area contributed by atoms with Crippen molar-refractivity contribution in [2.24, 2.45) is 7.05 Å². The fraction of sp³-hybridized carbons (Fsp3) is 0.280. The summed E-state index contributed by atoms with van der Waals surface area (Å²) in [6.45, 7) is -1.16. The monoisotopic (exact) mass is 377 g/mol. The average Bonchev–Trinajstić information content (AvgIpc) is 3.14. The number of aromatic nitrogens is 1. The maximum absolute atomic E-state index is 9.63. The zero-order valence-electron chi connectivity index (χ0n) is 24.2. The van der Waals surface area contributed by atoms with E-state index in [1.807, 2.05) is 19.1 Å². The number of fused-ring (bicyclic) bond motifs is 3. The molecule has 2 aromatic carbocycles. The first-order valence-corrected chi connectivity index (χ1v) is 8.93. The fourth-order valence-electron chi connectivity index (χ4n) is 3.67. The SMILES string of the molecule is [2H]c1c(C([2H])(C)C([2H])([2H])[2H])c(C([2H])([2H])[2H])c(C)[n+](C)c1-c1c(C)ccc2c1oc1cccc(C#N)c12. The quantitative estimate of drug-likeness (QED) is 0.402. The van der Waals surface area contributed by atoms with Crippen molar-refractivity contribution in [1.82, 2.24) is 0 Å². The first kappa shape index (κ1) is 11.0. The molecular weight excluding hydrogens is 344 g/mol. The molecule has 140 valence electrons. The summed E-state index contributed by atoms with van der Waals surface area (Å²) in [7, 11) is 1.61. The normalized spacial score (nSPS) is 18.7. The number of rotatable bonds is 2. The minimum atomic E-state index is -2.89. The van der Waals surface area contributed by atoms with Crippen LogP contribution in [0.1, 0.15) is 58.6 Å².